The summed E-state index contributed by atoms with van der Waals surface area (Å²) in [6.45, 7) is 6.04. The van der Waals surface area contributed by atoms with E-state index in [4.69, 9.17) is 4.74 Å². The van der Waals surface area contributed by atoms with Gasteiger partial charge < -0.3 is 30.7 Å². The molecule has 2 aromatic rings. The van der Waals surface area contributed by atoms with Gasteiger partial charge in [-0.2, -0.15) is 0 Å². The van der Waals surface area contributed by atoms with Gasteiger partial charge in [-0.3, -0.25) is 4.79 Å². The van der Waals surface area contributed by atoms with Gasteiger partial charge in [0.2, 0.25) is 5.91 Å². The number of aliphatic hydroxyl groups is 1. The fourth-order valence-corrected chi connectivity index (χ4v) is 3.82. The number of benzene rings is 2. The number of nitrogens with zero attached hydrogens (tertiary/aromatic N) is 1. The number of ether oxygens (including phenoxy) is 1. The lowest BCUT2D eigenvalue weighted by Gasteiger charge is -2.26. The lowest BCUT2D eigenvalue weighted by Crippen LogP contribution is -2.52. The number of hydrogen-bond acceptors (Lipinski definition) is 5. The minimum atomic E-state index is -0.822. The zero-order valence-corrected chi connectivity index (χ0v) is 21.1. The predicted octanol–water partition coefficient (Wildman–Crippen LogP) is 2.70. The molecule has 4 N–H and O–H groups in total. The van der Waals surface area contributed by atoms with Crippen molar-refractivity contribution in [3.63, 3.8) is 0 Å². The Morgan fingerprint density at radius 3 is 2.34 bits per heavy atom. The van der Waals surface area contributed by atoms with E-state index < -0.39 is 12.1 Å². The second-order valence-electron chi connectivity index (χ2n) is 8.56. The smallest absolute Gasteiger partial charge is 0.317 e. The van der Waals surface area contributed by atoms with Gasteiger partial charge in [-0.05, 0) is 42.5 Å². The van der Waals surface area contributed by atoms with Gasteiger partial charge in [0.1, 0.15) is 5.75 Å². The van der Waals surface area contributed by atoms with Crippen LogP contribution in [0.4, 0.5) is 4.79 Å². The van der Waals surface area contributed by atoms with Crippen LogP contribution in [0, 0.1) is 0 Å². The Labute approximate surface area is 209 Å². The number of urea groups is 1. The second-order valence-corrected chi connectivity index (χ2v) is 8.56. The Morgan fingerprint density at radius 1 is 1.00 bits per heavy atom. The Kier molecular flexibility index (Phi) is 12.7. The number of rotatable bonds is 15. The van der Waals surface area contributed by atoms with E-state index >= 15 is 0 Å². The van der Waals surface area contributed by atoms with E-state index in [1.807, 2.05) is 68.4 Å². The van der Waals surface area contributed by atoms with E-state index in [1.165, 1.54) is 0 Å². The van der Waals surface area contributed by atoms with E-state index in [2.05, 4.69) is 16.0 Å². The second kappa shape index (κ2) is 15.7. The zero-order valence-electron chi connectivity index (χ0n) is 21.1. The Hall–Kier alpha value is -3.10. The first kappa shape index (κ1) is 28.1. The molecular weight excluding hydrogens is 444 g/mol. The van der Waals surface area contributed by atoms with Crippen LogP contribution in [0.3, 0.4) is 0 Å². The third-order valence-electron chi connectivity index (χ3n) is 5.60. The van der Waals surface area contributed by atoms with Crippen molar-refractivity contribution in [3.05, 3.63) is 65.7 Å². The molecule has 0 fully saturated rings. The summed E-state index contributed by atoms with van der Waals surface area (Å²) in [7, 11) is 1.63. The highest BCUT2D eigenvalue weighted by molar-refractivity contribution is 5.84. The number of methoxy groups -OCH3 is 1. The maximum Gasteiger partial charge on any atom is 0.317 e. The summed E-state index contributed by atoms with van der Waals surface area (Å²) in [5.74, 6) is 0.441. The van der Waals surface area contributed by atoms with Gasteiger partial charge in [-0.15, -0.1) is 0 Å². The number of carbonyl (C=O) groups excluding carboxylic acids is 2. The molecule has 3 amide bonds. The summed E-state index contributed by atoms with van der Waals surface area (Å²) in [5, 5.41) is 19.8. The first-order chi connectivity index (χ1) is 17.0. The van der Waals surface area contributed by atoms with Gasteiger partial charge >= 0.3 is 6.03 Å². The molecule has 0 aromatic heterocycles. The van der Waals surface area contributed by atoms with Crippen LogP contribution in [0.25, 0.3) is 0 Å². The van der Waals surface area contributed by atoms with Crippen molar-refractivity contribution in [1.29, 1.82) is 0 Å². The average Bonchev–Trinajstić information content (AvgIpc) is 2.87. The summed E-state index contributed by atoms with van der Waals surface area (Å²) in [6, 6.07) is 16.7. The zero-order chi connectivity index (χ0) is 25.5. The van der Waals surface area contributed by atoms with Crippen molar-refractivity contribution in [2.24, 2.45) is 0 Å². The van der Waals surface area contributed by atoms with Crippen LogP contribution in [-0.2, 0) is 17.8 Å². The average molecular weight is 485 g/mol. The molecule has 8 nitrogen and oxygen atoms in total. The van der Waals surface area contributed by atoms with Crippen LogP contribution < -0.4 is 20.7 Å². The van der Waals surface area contributed by atoms with E-state index in [1.54, 1.807) is 12.0 Å². The van der Waals surface area contributed by atoms with Crippen molar-refractivity contribution in [3.8, 4) is 5.75 Å². The van der Waals surface area contributed by atoms with Crippen LogP contribution in [0.15, 0.2) is 54.6 Å². The summed E-state index contributed by atoms with van der Waals surface area (Å²) in [6.07, 6.45) is 1.36. The van der Waals surface area contributed by atoms with Crippen LogP contribution in [-0.4, -0.2) is 67.4 Å². The van der Waals surface area contributed by atoms with Crippen LogP contribution in [0.5, 0.6) is 5.75 Å². The molecule has 0 aliphatic rings. The molecule has 8 heteroatoms. The molecule has 192 valence electrons. The SMILES string of the molecule is CCCN(CCC)C(=O)NCC(=O)N[C@@H](Cc1ccccc1)[C@H](O)CNCc1cccc(OC)c1. The molecule has 0 heterocycles. The molecule has 2 rings (SSSR count). The predicted molar refractivity (Wildman–Crippen MR) is 138 cm³/mol. The number of carbonyl (C=O) groups is 2. The first-order valence-electron chi connectivity index (χ1n) is 12.3. The van der Waals surface area contributed by atoms with E-state index in [0.717, 1.165) is 29.7 Å². The van der Waals surface area contributed by atoms with Crippen molar-refractivity contribution < 1.29 is 19.4 Å². The molecule has 0 bridgehead atoms. The number of aliphatic hydroxyl groups excluding tert-OH is 1. The van der Waals surface area contributed by atoms with Crippen LogP contribution >= 0.6 is 0 Å². The molecule has 0 aliphatic carbocycles. The lowest BCUT2D eigenvalue weighted by atomic mass is 10.0. The molecule has 35 heavy (non-hydrogen) atoms. The number of hydrogen-bond donors (Lipinski definition) is 4. The third-order valence-corrected chi connectivity index (χ3v) is 5.60. The summed E-state index contributed by atoms with van der Waals surface area (Å²) in [4.78, 5) is 26.8. The van der Waals surface area contributed by atoms with Gasteiger partial charge in [0.05, 0.1) is 25.8 Å². The Balaban J connectivity index is 1.94. The van der Waals surface area contributed by atoms with Crippen molar-refractivity contribution in [2.45, 2.75) is 51.8 Å². The van der Waals surface area contributed by atoms with Gasteiger partial charge in [-0.25, -0.2) is 4.79 Å². The maximum atomic E-state index is 12.7. The molecule has 0 radical (unpaired) electrons. The summed E-state index contributed by atoms with van der Waals surface area (Å²) >= 11 is 0. The molecule has 0 unspecified atom stereocenters. The fourth-order valence-electron chi connectivity index (χ4n) is 3.82. The highest BCUT2D eigenvalue weighted by atomic mass is 16.5. The van der Waals surface area contributed by atoms with Crippen LogP contribution in [0.2, 0.25) is 0 Å². The monoisotopic (exact) mass is 484 g/mol. The fraction of sp³-hybridized carbons (Fsp3) is 0.481. The molecule has 0 aliphatic heterocycles. The van der Waals surface area contributed by atoms with Crippen LogP contribution in [0.1, 0.15) is 37.8 Å². The largest absolute Gasteiger partial charge is 0.497 e. The summed E-state index contributed by atoms with van der Waals surface area (Å²) < 4.78 is 5.25. The van der Waals surface area contributed by atoms with E-state index in [0.29, 0.717) is 32.6 Å². The minimum absolute atomic E-state index is 0.141. The Bertz CT molecular complexity index is 888. The van der Waals surface area contributed by atoms with Gasteiger partial charge in [-0.1, -0.05) is 56.3 Å². The minimum Gasteiger partial charge on any atom is -0.497 e. The molecule has 0 saturated carbocycles. The van der Waals surface area contributed by atoms with Crippen molar-refractivity contribution >= 4 is 11.9 Å². The topological polar surface area (TPSA) is 103 Å². The summed E-state index contributed by atoms with van der Waals surface area (Å²) in [5.41, 5.74) is 2.04. The maximum absolute atomic E-state index is 12.7. The van der Waals surface area contributed by atoms with Crippen molar-refractivity contribution in [1.82, 2.24) is 20.9 Å². The highest BCUT2D eigenvalue weighted by Crippen LogP contribution is 2.12. The molecular formula is C27H40N4O4. The molecule has 2 atom stereocenters. The molecule has 2 aromatic carbocycles. The van der Waals surface area contributed by atoms with Gasteiger partial charge in [0, 0.05) is 26.2 Å². The van der Waals surface area contributed by atoms with Crippen molar-refractivity contribution in [2.75, 3.05) is 33.3 Å². The Morgan fingerprint density at radius 2 is 1.69 bits per heavy atom. The molecule has 0 spiro atoms. The van der Waals surface area contributed by atoms with E-state index in [-0.39, 0.29) is 18.5 Å². The van der Waals surface area contributed by atoms with E-state index in [9.17, 15) is 14.7 Å². The lowest BCUT2D eigenvalue weighted by molar-refractivity contribution is -0.121. The number of nitrogens with one attached hydrogen (secondary N) is 3. The van der Waals surface area contributed by atoms with Gasteiger partial charge in [0.15, 0.2) is 0 Å². The molecule has 0 saturated heterocycles. The first-order valence-corrected chi connectivity index (χ1v) is 12.3. The third kappa shape index (κ3) is 10.4. The van der Waals surface area contributed by atoms with Gasteiger partial charge in [0.25, 0.3) is 0 Å². The number of amides is 3. The standard InChI is InChI=1S/C27H40N4O4/c1-4-14-31(15-5-2)27(34)29-20-26(33)30-24(17-21-10-7-6-8-11-21)25(32)19-28-18-22-12-9-13-23(16-22)35-3/h6-13,16,24-25,28,32H,4-5,14-15,17-20H2,1-3H3,(H,29,34)(H,30,33)/t24-,25+/m0/s1. The quantitative estimate of drug-likeness (QED) is 0.311. The normalized spacial score (nSPS) is 12.5. The highest BCUT2D eigenvalue weighted by Gasteiger charge is 2.22.